The molecule has 1 saturated heterocycles. The molecule has 0 unspecified atom stereocenters. The van der Waals surface area contributed by atoms with Crippen molar-refractivity contribution < 1.29 is 15.9 Å². The summed E-state index contributed by atoms with van der Waals surface area (Å²) in [4.78, 5) is 21.9. The van der Waals surface area contributed by atoms with Gasteiger partial charge in [-0.2, -0.15) is 9.40 Å². The number of hydrogen-bond acceptors (Lipinski definition) is 7. The van der Waals surface area contributed by atoms with Gasteiger partial charge in [0.05, 0.1) is 25.5 Å². The van der Waals surface area contributed by atoms with Crippen LogP contribution >= 0.6 is 0 Å². The first-order valence-corrected chi connectivity index (χ1v) is 12.5. The van der Waals surface area contributed by atoms with Crippen molar-refractivity contribution >= 4 is 21.1 Å². The van der Waals surface area contributed by atoms with Crippen molar-refractivity contribution in [3.8, 4) is 17.1 Å². The van der Waals surface area contributed by atoms with Gasteiger partial charge in [0.25, 0.3) is 5.56 Å². The predicted molar refractivity (Wildman–Crippen MR) is 126 cm³/mol. The van der Waals surface area contributed by atoms with E-state index in [-0.39, 0.29) is 42.9 Å². The van der Waals surface area contributed by atoms with E-state index < -0.39 is 26.5 Å². The lowest BCUT2D eigenvalue weighted by Gasteiger charge is -2.31. The molecule has 1 fully saturated rings. The number of sulfonamides is 1. The van der Waals surface area contributed by atoms with Crippen LogP contribution in [0.2, 0.25) is 0 Å². The van der Waals surface area contributed by atoms with Crippen molar-refractivity contribution in [2.24, 2.45) is 7.05 Å². The summed E-state index contributed by atoms with van der Waals surface area (Å²) in [5.41, 5.74) is 0.908. The second kappa shape index (κ2) is 9.24. The van der Waals surface area contributed by atoms with E-state index in [1.165, 1.54) is 15.1 Å². The molecule has 4 rings (SSSR count). The van der Waals surface area contributed by atoms with Crippen LogP contribution < -0.4 is 10.3 Å². The van der Waals surface area contributed by atoms with E-state index in [0.29, 0.717) is 36.2 Å². The van der Waals surface area contributed by atoms with Gasteiger partial charge in [-0.15, -0.1) is 0 Å². The molecule has 0 spiro atoms. The summed E-state index contributed by atoms with van der Waals surface area (Å²) in [5, 5.41) is 4.41. The Bertz CT molecular complexity index is 1430. The Balaban J connectivity index is 1.96. The molecule has 3 aromatic rings. The summed E-state index contributed by atoms with van der Waals surface area (Å²) in [5.74, 6) is 0.124. The average Bonchev–Trinajstić information content (AvgIpc) is 3.09. The largest absolute Gasteiger partial charge is 0.493 e. The fraction of sp³-hybridized carbons (Fsp3) is 0.500. The Kier molecular flexibility index (Phi) is 5.83. The normalized spacial score (nSPS) is 16.7. The first kappa shape index (κ1) is 20.8. The zero-order valence-corrected chi connectivity index (χ0v) is 20.1. The van der Waals surface area contributed by atoms with Gasteiger partial charge in [-0.1, -0.05) is 13.3 Å². The van der Waals surface area contributed by atoms with Crippen LogP contribution in [0.3, 0.4) is 0 Å². The number of nitrogens with one attached hydrogen (secondary N) is 1. The maximum Gasteiger partial charge on any atom is 0.277 e. The van der Waals surface area contributed by atoms with Gasteiger partial charge in [0.1, 0.15) is 17.1 Å². The Morgan fingerprint density at radius 3 is 2.61 bits per heavy atom. The van der Waals surface area contributed by atoms with Crippen molar-refractivity contribution in [3.05, 3.63) is 34.2 Å². The molecule has 1 N–H and O–H groups in total. The number of fused-ring (bicyclic) bond motifs is 1. The topological polar surface area (TPSA) is 113 Å². The third-order valence-electron chi connectivity index (χ3n) is 5.67. The number of hydrogen-bond donors (Lipinski definition) is 1. The number of aromatic amines is 1. The van der Waals surface area contributed by atoms with Crippen LogP contribution in [-0.2, 0) is 23.5 Å². The van der Waals surface area contributed by atoms with Gasteiger partial charge in [0.2, 0.25) is 10.0 Å². The van der Waals surface area contributed by atoms with Gasteiger partial charge in [-0.25, -0.2) is 13.4 Å². The molecule has 2 aromatic heterocycles. The molecule has 10 nitrogen and oxygen atoms in total. The SMILES string of the molecule is [2H]c1cc(OCC)c(-c2nc3c(CCC)nn(C)c3c(=O)[nH]2)c([2H])c1S(=O)(=O)N1CCN(C)CC1. The van der Waals surface area contributed by atoms with Crippen LogP contribution in [0.25, 0.3) is 22.4 Å². The van der Waals surface area contributed by atoms with Crippen LogP contribution in [0.4, 0.5) is 0 Å². The first-order chi connectivity index (χ1) is 16.6. The van der Waals surface area contributed by atoms with Gasteiger partial charge < -0.3 is 14.6 Å². The van der Waals surface area contributed by atoms with E-state index in [0.717, 1.165) is 6.42 Å². The van der Waals surface area contributed by atoms with E-state index >= 15 is 0 Å². The third-order valence-corrected chi connectivity index (χ3v) is 7.45. The highest BCUT2D eigenvalue weighted by Crippen LogP contribution is 2.32. The molecule has 0 radical (unpaired) electrons. The fourth-order valence-electron chi connectivity index (χ4n) is 3.93. The Hall–Kier alpha value is -2.76. The van der Waals surface area contributed by atoms with Crippen LogP contribution in [0.5, 0.6) is 5.75 Å². The maximum atomic E-state index is 13.5. The second-order valence-corrected chi connectivity index (χ2v) is 9.93. The Morgan fingerprint density at radius 2 is 1.94 bits per heavy atom. The molecule has 3 heterocycles. The van der Waals surface area contributed by atoms with E-state index in [2.05, 4.69) is 15.1 Å². The van der Waals surface area contributed by atoms with Crippen molar-refractivity contribution in [2.75, 3.05) is 39.8 Å². The quantitative estimate of drug-likeness (QED) is 0.551. The molecule has 11 heteroatoms. The van der Waals surface area contributed by atoms with Gasteiger partial charge in [0, 0.05) is 33.2 Å². The number of likely N-dealkylation sites (N-methyl/N-ethyl adjacent to an activating group) is 1. The summed E-state index contributed by atoms with van der Waals surface area (Å²) in [7, 11) is -0.562. The minimum Gasteiger partial charge on any atom is -0.493 e. The molecule has 1 aliphatic rings. The molecule has 0 saturated carbocycles. The van der Waals surface area contributed by atoms with Gasteiger partial charge in [-0.3, -0.25) is 9.48 Å². The molecular weight excluding hydrogens is 444 g/mol. The van der Waals surface area contributed by atoms with Gasteiger partial charge in [0.15, 0.2) is 5.52 Å². The number of ether oxygens (including phenoxy) is 1. The standard InChI is InChI=1S/C22H30N6O4S/c1-5-7-17-19-20(27(4)25-17)22(29)24-21(23-19)16-14-15(8-9-18(16)32-6-2)33(30,31)28-12-10-26(3)11-13-28/h8-9,14H,5-7,10-13H2,1-4H3,(H,23,24,29)/i8D,14D. The van der Waals surface area contributed by atoms with Gasteiger partial charge in [-0.05, 0) is 38.5 Å². The molecule has 0 bridgehead atoms. The monoisotopic (exact) mass is 476 g/mol. The number of H-pyrrole nitrogens is 1. The third kappa shape index (κ3) is 4.40. The van der Waals surface area contributed by atoms with Crippen LogP contribution in [0.1, 0.15) is 28.7 Å². The van der Waals surface area contributed by atoms with E-state index in [4.69, 9.17) is 7.48 Å². The Morgan fingerprint density at radius 1 is 1.21 bits per heavy atom. The summed E-state index contributed by atoms with van der Waals surface area (Å²) >= 11 is 0. The highest BCUT2D eigenvalue weighted by molar-refractivity contribution is 7.89. The predicted octanol–water partition coefficient (Wildman–Crippen LogP) is 1.61. The number of nitrogens with zero attached hydrogens (tertiary/aromatic N) is 5. The molecule has 0 amide bonds. The molecule has 0 atom stereocenters. The molecule has 178 valence electrons. The van der Waals surface area contributed by atoms with E-state index in [1.54, 1.807) is 14.0 Å². The summed E-state index contributed by atoms with van der Waals surface area (Å²) < 4.78 is 52.8. The fourth-order valence-corrected chi connectivity index (χ4v) is 5.27. The number of rotatable bonds is 7. The summed E-state index contributed by atoms with van der Waals surface area (Å²) in [6, 6.07) is 0.515. The number of aromatic nitrogens is 4. The van der Waals surface area contributed by atoms with Crippen molar-refractivity contribution in [1.29, 1.82) is 0 Å². The summed E-state index contributed by atoms with van der Waals surface area (Å²) in [6.45, 7) is 5.58. The molecule has 33 heavy (non-hydrogen) atoms. The zero-order chi connectivity index (χ0) is 25.5. The smallest absolute Gasteiger partial charge is 0.277 e. The number of aryl methyl sites for hydroxylation is 2. The minimum atomic E-state index is -4.13. The lowest BCUT2D eigenvalue weighted by atomic mass is 10.1. The minimum absolute atomic E-state index is 0.0103. The molecule has 1 aliphatic heterocycles. The summed E-state index contributed by atoms with van der Waals surface area (Å²) in [6.07, 6.45) is 1.40. The van der Waals surface area contributed by atoms with Crippen molar-refractivity contribution in [1.82, 2.24) is 29.0 Å². The second-order valence-electron chi connectivity index (χ2n) is 8.05. The number of benzene rings is 1. The van der Waals surface area contributed by atoms with Crippen molar-refractivity contribution in [3.63, 3.8) is 0 Å². The van der Waals surface area contributed by atoms with E-state index in [1.807, 2.05) is 18.9 Å². The first-order valence-electron chi connectivity index (χ1n) is 12.0. The molecule has 1 aromatic carbocycles. The van der Waals surface area contributed by atoms with Crippen LogP contribution in [0.15, 0.2) is 27.8 Å². The lowest BCUT2D eigenvalue weighted by Crippen LogP contribution is -2.47. The van der Waals surface area contributed by atoms with Crippen LogP contribution in [0, 0.1) is 0 Å². The zero-order valence-electron chi connectivity index (χ0n) is 21.3. The molecule has 0 aliphatic carbocycles. The lowest BCUT2D eigenvalue weighted by molar-refractivity contribution is 0.222. The average molecular weight is 477 g/mol. The number of piperazine rings is 1. The van der Waals surface area contributed by atoms with Crippen molar-refractivity contribution in [2.45, 2.75) is 31.6 Å². The van der Waals surface area contributed by atoms with Crippen LogP contribution in [-0.4, -0.2) is 77.2 Å². The maximum absolute atomic E-state index is 13.5. The van der Waals surface area contributed by atoms with E-state index in [9.17, 15) is 13.2 Å². The highest BCUT2D eigenvalue weighted by Gasteiger charge is 2.29. The highest BCUT2D eigenvalue weighted by atomic mass is 32.2. The molecular formula is C22H30N6O4S. The Labute approximate surface area is 196 Å². The van der Waals surface area contributed by atoms with Gasteiger partial charge >= 0.3 is 0 Å².